The molecule has 0 aliphatic carbocycles. The average Bonchev–Trinajstić information content (AvgIpc) is 2.86. The van der Waals surface area contributed by atoms with E-state index < -0.39 is 0 Å². The van der Waals surface area contributed by atoms with Gasteiger partial charge in [-0.2, -0.15) is 16.8 Å². The van der Waals surface area contributed by atoms with Gasteiger partial charge in [-0.25, -0.2) is 9.97 Å². The molecule has 2 heterocycles. The van der Waals surface area contributed by atoms with E-state index in [4.69, 9.17) is 11.5 Å². The van der Waals surface area contributed by atoms with Gasteiger partial charge in [-0.05, 0) is 12.1 Å². The average molecular weight is 308 g/mol. The zero-order chi connectivity index (χ0) is 14.2. The minimum absolute atomic E-state index is 0.0399. The summed E-state index contributed by atoms with van der Waals surface area (Å²) >= 11 is 3.24. The summed E-state index contributed by atoms with van der Waals surface area (Å²) in [5.74, 6) is 2.77. The van der Waals surface area contributed by atoms with Gasteiger partial charge in [0.1, 0.15) is 5.82 Å². The number of nitrogens with two attached hydrogens (primary N) is 2. The molecule has 0 spiro atoms. The number of aliphatic imine (C=N–C) groups is 1. The number of hydrogen-bond donors (Lipinski definition) is 3. The number of aromatic nitrogens is 2. The molecule has 6 nitrogen and oxygen atoms in total. The Kier molecular flexibility index (Phi) is 5.63. The first kappa shape index (κ1) is 14.6. The molecule has 2 aromatic heterocycles. The highest BCUT2D eigenvalue weighted by atomic mass is 32.2. The van der Waals surface area contributed by atoms with Crippen molar-refractivity contribution in [3.05, 3.63) is 35.5 Å². The van der Waals surface area contributed by atoms with Gasteiger partial charge in [-0.15, -0.1) is 11.3 Å². The molecule has 2 rings (SSSR count). The van der Waals surface area contributed by atoms with Crippen LogP contribution in [0.15, 0.2) is 34.8 Å². The molecule has 0 amide bonds. The van der Waals surface area contributed by atoms with Crippen LogP contribution in [0.2, 0.25) is 0 Å². The van der Waals surface area contributed by atoms with Crippen molar-refractivity contribution in [1.82, 2.24) is 9.97 Å². The highest BCUT2D eigenvalue weighted by molar-refractivity contribution is 7.98. The van der Waals surface area contributed by atoms with Crippen LogP contribution in [0.4, 0.5) is 10.9 Å². The van der Waals surface area contributed by atoms with Gasteiger partial charge in [0.05, 0.1) is 5.69 Å². The molecule has 0 radical (unpaired) electrons. The molecule has 0 aliphatic heterocycles. The van der Waals surface area contributed by atoms with Crippen molar-refractivity contribution in [3.63, 3.8) is 0 Å². The summed E-state index contributed by atoms with van der Waals surface area (Å²) in [6.07, 6.45) is 1.77. The lowest BCUT2D eigenvalue weighted by atomic mass is 10.4. The highest BCUT2D eigenvalue weighted by Crippen LogP contribution is 2.21. The van der Waals surface area contributed by atoms with Crippen molar-refractivity contribution in [2.24, 2.45) is 16.5 Å². The van der Waals surface area contributed by atoms with E-state index in [1.165, 1.54) is 11.3 Å². The molecule has 0 atom stereocenters. The van der Waals surface area contributed by atoms with E-state index >= 15 is 0 Å². The number of nitrogens with zero attached hydrogens (tertiary/aromatic N) is 3. The van der Waals surface area contributed by atoms with Crippen molar-refractivity contribution in [2.75, 3.05) is 17.6 Å². The van der Waals surface area contributed by atoms with Crippen LogP contribution in [0.5, 0.6) is 0 Å². The van der Waals surface area contributed by atoms with Gasteiger partial charge < -0.3 is 16.8 Å². The Morgan fingerprint density at radius 1 is 1.40 bits per heavy atom. The number of pyridine rings is 1. The topological polar surface area (TPSA) is 102 Å². The summed E-state index contributed by atoms with van der Waals surface area (Å²) in [7, 11) is 0. The Hall–Kier alpha value is -1.80. The van der Waals surface area contributed by atoms with E-state index in [1.807, 2.05) is 23.6 Å². The minimum Gasteiger partial charge on any atom is -0.370 e. The summed E-state index contributed by atoms with van der Waals surface area (Å²) in [5.41, 5.74) is 11.6. The molecule has 8 heteroatoms. The van der Waals surface area contributed by atoms with Gasteiger partial charge in [0.2, 0.25) is 5.13 Å². The molecule has 2 aromatic rings. The fraction of sp³-hybridized carbons (Fsp3) is 0.250. The normalized spacial score (nSPS) is 10.2. The van der Waals surface area contributed by atoms with E-state index in [1.54, 1.807) is 18.0 Å². The van der Waals surface area contributed by atoms with Crippen molar-refractivity contribution >= 4 is 40.0 Å². The van der Waals surface area contributed by atoms with Crippen LogP contribution in [0, 0.1) is 0 Å². The third-order valence-electron chi connectivity index (χ3n) is 2.23. The van der Waals surface area contributed by atoms with Crippen LogP contribution in [0.25, 0.3) is 0 Å². The lowest BCUT2D eigenvalue weighted by Gasteiger charge is -2.03. The lowest BCUT2D eigenvalue weighted by molar-refractivity contribution is 1.16. The molecular weight excluding hydrogens is 292 g/mol. The highest BCUT2D eigenvalue weighted by Gasteiger charge is 2.01. The van der Waals surface area contributed by atoms with E-state index in [0.29, 0.717) is 5.13 Å². The van der Waals surface area contributed by atoms with E-state index in [-0.39, 0.29) is 5.96 Å². The van der Waals surface area contributed by atoms with E-state index in [9.17, 15) is 0 Å². The second kappa shape index (κ2) is 7.71. The van der Waals surface area contributed by atoms with Crippen LogP contribution in [0.3, 0.4) is 0 Å². The smallest absolute Gasteiger partial charge is 0.212 e. The summed E-state index contributed by atoms with van der Waals surface area (Å²) in [4.78, 5) is 12.4. The standard InChI is InChI=1S/C12H16N6S2/c13-11(14)18-12-17-9(8-20-12)7-19-6-5-16-10-3-1-2-4-15-10/h1-4,8H,5-7H2,(H,15,16)(H4,13,14,17,18). The number of nitrogens with one attached hydrogen (secondary N) is 1. The van der Waals surface area contributed by atoms with Gasteiger partial charge in [-0.3, -0.25) is 0 Å². The quantitative estimate of drug-likeness (QED) is 0.409. The molecule has 0 saturated carbocycles. The zero-order valence-electron chi connectivity index (χ0n) is 10.8. The summed E-state index contributed by atoms with van der Waals surface area (Å²) in [6, 6.07) is 5.81. The molecule has 5 N–H and O–H groups in total. The SMILES string of the molecule is NC(N)=Nc1nc(CSCCNc2ccccn2)cs1. The van der Waals surface area contributed by atoms with Crippen molar-refractivity contribution in [1.29, 1.82) is 0 Å². The van der Waals surface area contributed by atoms with E-state index in [0.717, 1.165) is 29.6 Å². The van der Waals surface area contributed by atoms with Crippen molar-refractivity contribution in [2.45, 2.75) is 5.75 Å². The van der Waals surface area contributed by atoms with Gasteiger partial charge in [0, 0.05) is 29.6 Å². The number of rotatable bonds is 7. The number of guanidine groups is 1. The maximum Gasteiger partial charge on any atom is 0.212 e. The van der Waals surface area contributed by atoms with Crippen LogP contribution in [0.1, 0.15) is 5.69 Å². The first-order chi connectivity index (χ1) is 9.74. The van der Waals surface area contributed by atoms with Gasteiger partial charge >= 0.3 is 0 Å². The Labute approximate surface area is 125 Å². The molecule has 0 fully saturated rings. The second-order valence-electron chi connectivity index (χ2n) is 3.85. The monoisotopic (exact) mass is 308 g/mol. The lowest BCUT2D eigenvalue weighted by Crippen LogP contribution is -2.21. The van der Waals surface area contributed by atoms with E-state index in [2.05, 4.69) is 20.3 Å². The van der Waals surface area contributed by atoms with Crippen LogP contribution < -0.4 is 16.8 Å². The number of thiazole rings is 1. The van der Waals surface area contributed by atoms with Crippen molar-refractivity contribution < 1.29 is 0 Å². The molecular formula is C12H16N6S2. The summed E-state index contributed by atoms with van der Waals surface area (Å²) in [5, 5.41) is 5.83. The van der Waals surface area contributed by atoms with Crippen LogP contribution >= 0.6 is 23.1 Å². The fourth-order valence-corrected chi connectivity index (χ4v) is 2.98. The Bertz CT molecular complexity index is 550. The Morgan fingerprint density at radius 2 is 2.30 bits per heavy atom. The largest absolute Gasteiger partial charge is 0.370 e. The van der Waals surface area contributed by atoms with Gasteiger partial charge in [0.25, 0.3) is 0 Å². The Balaban J connectivity index is 1.66. The maximum absolute atomic E-state index is 5.30. The van der Waals surface area contributed by atoms with Gasteiger partial charge in [-0.1, -0.05) is 6.07 Å². The minimum atomic E-state index is 0.0399. The van der Waals surface area contributed by atoms with Crippen LogP contribution in [-0.2, 0) is 5.75 Å². The Morgan fingerprint density at radius 3 is 3.05 bits per heavy atom. The first-order valence-electron chi connectivity index (χ1n) is 6.01. The van der Waals surface area contributed by atoms with Crippen LogP contribution in [-0.4, -0.2) is 28.2 Å². The first-order valence-corrected chi connectivity index (χ1v) is 8.04. The maximum atomic E-state index is 5.30. The number of thioether (sulfide) groups is 1. The second-order valence-corrected chi connectivity index (χ2v) is 5.79. The molecule has 0 unspecified atom stereocenters. The number of anilines is 1. The predicted octanol–water partition coefficient (Wildman–Crippen LogP) is 1.79. The van der Waals surface area contributed by atoms with Gasteiger partial charge in [0.15, 0.2) is 5.96 Å². The molecule has 0 bridgehead atoms. The molecule has 0 saturated heterocycles. The molecule has 0 aromatic carbocycles. The molecule has 106 valence electrons. The zero-order valence-corrected chi connectivity index (χ0v) is 12.5. The third kappa shape index (κ3) is 5.06. The molecule has 20 heavy (non-hydrogen) atoms. The van der Waals surface area contributed by atoms with Crippen molar-refractivity contribution in [3.8, 4) is 0 Å². The summed E-state index contributed by atoms with van der Waals surface area (Å²) in [6.45, 7) is 0.868. The fourth-order valence-electron chi connectivity index (χ4n) is 1.42. The molecule has 0 aliphatic rings. The number of hydrogen-bond acceptors (Lipinski definition) is 6. The third-order valence-corrected chi connectivity index (χ3v) is 4.01. The summed E-state index contributed by atoms with van der Waals surface area (Å²) < 4.78 is 0. The predicted molar refractivity (Wildman–Crippen MR) is 86.5 cm³/mol.